The number of carbonyl (C=O) groups excluding carboxylic acids is 2. The van der Waals surface area contributed by atoms with Crippen LogP contribution in [0.4, 0.5) is 0 Å². The molecule has 0 saturated carbocycles. The fourth-order valence-corrected chi connectivity index (χ4v) is 0.891. The highest BCUT2D eigenvalue weighted by atomic mass is 16.3. The molecule has 0 saturated heterocycles. The van der Waals surface area contributed by atoms with Crippen LogP contribution in [0.3, 0.4) is 0 Å². The van der Waals surface area contributed by atoms with Gasteiger partial charge in [-0.05, 0) is 30.7 Å². The van der Waals surface area contributed by atoms with Crippen molar-refractivity contribution in [2.45, 2.75) is 20.3 Å². The van der Waals surface area contributed by atoms with Gasteiger partial charge in [-0.25, -0.2) is 0 Å². The van der Waals surface area contributed by atoms with E-state index in [2.05, 4.69) is 0 Å². The Hall–Kier alpha value is -1.88. The molecule has 17 heavy (non-hydrogen) atoms. The van der Waals surface area contributed by atoms with Gasteiger partial charge in [-0.15, -0.1) is 0 Å². The summed E-state index contributed by atoms with van der Waals surface area (Å²) in [5.41, 5.74) is 6.24. The number of hydrogen-bond donors (Lipinski definition) is 3. The number of benzene rings is 1. The zero-order valence-corrected chi connectivity index (χ0v) is 9.93. The van der Waals surface area contributed by atoms with Gasteiger partial charge in [0.05, 0.1) is 0 Å². The van der Waals surface area contributed by atoms with Crippen LogP contribution < -0.4 is 5.73 Å². The number of hydrogen-bond acceptors (Lipinski definition) is 5. The minimum atomic E-state index is -0.380. The second-order valence-electron chi connectivity index (χ2n) is 3.47. The molecule has 0 aliphatic rings. The first-order valence-corrected chi connectivity index (χ1v) is 5.11. The molecule has 0 aliphatic carbocycles. The van der Waals surface area contributed by atoms with E-state index >= 15 is 0 Å². The lowest BCUT2D eigenvalue weighted by Crippen LogP contribution is -2.02. The Morgan fingerprint density at radius 1 is 1.12 bits per heavy atom. The van der Waals surface area contributed by atoms with Crippen molar-refractivity contribution in [2.24, 2.45) is 5.73 Å². The zero-order valence-electron chi connectivity index (χ0n) is 9.93. The molecule has 5 heteroatoms. The third kappa shape index (κ3) is 6.32. The molecular formula is C12H17NO4. The van der Waals surface area contributed by atoms with Crippen LogP contribution in [0, 0.1) is 0 Å². The fraction of sp³-hybridized carbons (Fsp3) is 0.333. The summed E-state index contributed by atoms with van der Waals surface area (Å²) in [4.78, 5) is 19.6. The first-order valence-electron chi connectivity index (χ1n) is 5.11. The van der Waals surface area contributed by atoms with E-state index < -0.39 is 0 Å². The third-order valence-electron chi connectivity index (χ3n) is 1.97. The van der Waals surface area contributed by atoms with Gasteiger partial charge in [-0.2, -0.15) is 0 Å². The summed E-state index contributed by atoms with van der Waals surface area (Å²) in [5.74, 6) is -0.938. The predicted molar refractivity (Wildman–Crippen MR) is 63.9 cm³/mol. The lowest BCUT2D eigenvalue weighted by Gasteiger charge is -2.00. The SMILES string of the molecule is CC(=O)C(C)=O.NCCc1ccc(O)c(O)c1. The maximum Gasteiger partial charge on any atom is 0.195 e. The highest BCUT2D eigenvalue weighted by molar-refractivity contribution is 6.35. The van der Waals surface area contributed by atoms with Gasteiger partial charge in [0.25, 0.3) is 0 Å². The first-order chi connectivity index (χ1) is 7.88. The van der Waals surface area contributed by atoms with E-state index in [1.165, 1.54) is 26.0 Å². The van der Waals surface area contributed by atoms with Gasteiger partial charge in [-0.3, -0.25) is 9.59 Å². The lowest BCUT2D eigenvalue weighted by atomic mass is 10.1. The minimum absolute atomic E-state index is 0.0871. The molecule has 0 radical (unpaired) electrons. The summed E-state index contributed by atoms with van der Waals surface area (Å²) in [6.45, 7) is 3.05. The average Bonchev–Trinajstić information content (AvgIpc) is 2.25. The molecule has 0 amide bonds. The normalized spacial score (nSPS) is 9.12. The molecule has 1 aromatic rings. The summed E-state index contributed by atoms with van der Waals surface area (Å²) in [7, 11) is 0. The predicted octanol–water partition coefficient (Wildman–Crippen LogP) is 0.763. The highest BCUT2D eigenvalue weighted by Gasteiger charge is 1.98. The molecule has 0 aromatic heterocycles. The minimum Gasteiger partial charge on any atom is -0.504 e. The number of carbonyl (C=O) groups is 2. The molecule has 0 unspecified atom stereocenters. The Morgan fingerprint density at radius 2 is 1.65 bits per heavy atom. The largest absolute Gasteiger partial charge is 0.504 e. The van der Waals surface area contributed by atoms with Crippen LogP contribution in [0.2, 0.25) is 0 Å². The van der Waals surface area contributed by atoms with Gasteiger partial charge in [0.2, 0.25) is 0 Å². The molecule has 0 bridgehead atoms. The van der Waals surface area contributed by atoms with E-state index in [4.69, 9.17) is 15.9 Å². The molecule has 5 nitrogen and oxygen atoms in total. The smallest absolute Gasteiger partial charge is 0.195 e. The van der Waals surface area contributed by atoms with E-state index in [0.717, 1.165) is 5.56 Å². The van der Waals surface area contributed by atoms with Crippen molar-refractivity contribution in [3.05, 3.63) is 23.8 Å². The summed E-state index contributed by atoms with van der Waals surface area (Å²) in [6, 6.07) is 4.71. The van der Waals surface area contributed by atoms with Crippen molar-refractivity contribution in [1.29, 1.82) is 0 Å². The van der Waals surface area contributed by atoms with Gasteiger partial charge < -0.3 is 15.9 Å². The number of rotatable bonds is 3. The maximum atomic E-state index is 9.79. The number of phenolic OH excluding ortho intramolecular Hbond substituents is 2. The number of nitrogens with two attached hydrogens (primary N) is 1. The van der Waals surface area contributed by atoms with Gasteiger partial charge in [0.1, 0.15) is 0 Å². The molecular weight excluding hydrogens is 222 g/mol. The second kappa shape index (κ2) is 7.40. The Bertz CT molecular complexity index is 389. The monoisotopic (exact) mass is 239 g/mol. The molecule has 0 heterocycles. The molecule has 4 N–H and O–H groups in total. The van der Waals surface area contributed by atoms with Crippen molar-refractivity contribution in [3.8, 4) is 11.5 Å². The van der Waals surface area contributed by atoms with E-state index in [1.54, 1.807) is 6.07 Å². The topological polar surface area (TPSA) is 101 Å². The van der Waals surface area contributed by atoms with Crippen LogP contribution in [0.5, 0.6) is 11.5 Å². The van der Waals surface area contributed by atoms with Crippen molar-refractivity contribution in [3.63, 3.8) is 0 Å². The summed E-state index contributed by atoms with van der Waals surface area (Å²) < 4.78 is 0. The summed E-state index contributed by atoms with van der Waals surface area (Å²) >= 11 is 0. The van der Waals surface area contributed by atoms with Crippen LogP contribution in [0.15, 0.2) is 18.2 Å². The van der Waals surface area contributed by atoms with E-state index in [1.807, 2.05) is 0 Å². The van der Waals surface area contributed by atoms with Gasteiger partial charge in [-0.1, -0.05) is 6.07 Å². The quantitative estimate of drug-likeness (QED) is 0.534. The van der Waals surface area contributed by atoms with Crippen LogP contribution in [-0.2, 0) is 16.0 Å². The van der Waals surface area contributed by atoms with Crippen molar-refractivity contribution < 1.29 is 19.8 Å². The van der Waals surface area contributed by atoms with Crippen molar-refractivity contribution >= 4 is 11.6 Å². The standard InChI is InChI=1S/C8H11NO2.C4H6O2/c9-4-3-6-1-2-7(10)8(11)5-6;1-3(5)4(2)6/h1-2,5,10-11H,3-4,9H2;1-2H3. The lowest BCUT2D eigenvalue weighted by molar-refractivity contribution is -0.134. The Balaban J connectivity index is 0.000000366. The molecule has 0 aliphatic heterocycles. The Labute approximate surface area is 99.9 Å². The third-order valence-corrected chi connectivity index (χ3v) is 1.97. The highest BCUT2D eigenvalue weighted by Crippen LogP contribution is 2.24. The maximum absolute atomic E-state index is 9.79. The summed E-state index contributed by atoms with van der Waals surface area (Å²) in [5, 5.41) is 18.0. The molecule has 0 atom stereocenters. The van der Waals surface area contributed by atoms with Gasteiger partial charge >= 0.3 is 0 Å². The first kappa shape index (κ1) is 15.1. The molecule has 0 fully saturated rings. The summed E-state index contributed by atoms with van der Waals surface area (Å²) in [6.07, 6.45) is 0.716. The van der Waals surface area contributed by atoms with E-state index in [-0.39, 0.29) is 23.1 Å². The average molecular weight is 239 g/mol. The molecule has 94 valence electrons. The molecule has 1 rings (SSSR count). The van der Waals surface area contributed by atoms with Gasteiger partial charge in [0, 0.05) is 13.8 Å². The molecule has 1 aromatic carbocycles. The van der Waals surface area contributed by atoms with Crippen molar-refractivity contribution in [1.82, 2.24) is 0 Å². The van der Waals surface area contributed by atoms with E-state index in [0.29, 0.717) is 13.0 Å². The van der Waals surface area contributed by atoms with Crippen LogP contribution in [-0.4, -0.2) is 28.3 Å². The van der Waals surface area contributed by atoms with Crippen molar-refractivity contribution in [2.75, 3.05) is 6.54 Å². The molecule has 0 spiro atoms. The Kier molecular flexibility index (Phi) is 6.58. The van der Waals surface area contributed by atoms with Gasteiger partial charge in [0.15, 0.2) is 23.1 Å². The number of Topliss-reactive ketones (excluding diaryl/α,β-unsaturated/α-hetero) is 2. The number of aromatic hydroxyl groups is 2. The van der Waals surface area contributed by atoms with Crippen LogP contribution in [0.1, 0.15) is 19.4 Å². The fourth-order valence-electron chi connectivity index (χ4n) is 0.891. The van der Waals surface area contributed by atoms with E-state index in [9.17, 15) is 9.59 Å². The second-order valence-corrected chi connectivity index (χ2v) is 3.47. The zero-order chi connectivity index (χ0) is 13.4. The van der Waals surface area contributed by atoms with Crippen LogP contribution >= 0.6 is 0 Å². The Morgan fingerprint density at radius 3 is 2.00 bits per heavy atom. The number of phenols is 2. The number of ketones is 2. The van der Waals surface area contributed by atoms with Crippen LogP contribution in [0.25, 0.3) is 0 Å².